The fraction of sp³-hybridized carbons (Fsp3) is 0.250. The predicted octanol–water partition coefficient (Wildman–Crippen LogP) is 5.20. The van der Waals surface area contributed by atoms with Gasteiger partial charge in [-0.25, -0.2) is 0 Å². The van der Waals surface area contributed by atoms with Gasteiger partial charge in [0.2, 0.25) is 0 Å². The van der Waals surface area contributed by atoms with Crippen molar-refractivity contribution in [3.8, 4) is 11.5 Å². The van der Waals surface area contributed by atoms with Gasteiger partial charge in [0.05, 0.1) is 0 Å². The van der Waals surface area contributed by atoms with Gasteiger partial charge in [-0.2, -0.15) is 0 Å². The van der Waals surface area contributed by atoms with Crippen LogP contribution in [0.25, 0.3) is 0 Å². The van der Waals surface area contributed by atoms with Gasteiger partial charge < -0.3 is 4.74 Å². The molecule has 0 aliphatic carbocycles. The Bertz CT molecular complexity index is 450. The van der Waals surface area contributed by atoms with E-state index in [0.29, 0.717) is 0 Å². The van der Waals surface area contributed by atoms with E-state index in [1.54, 1.807) is 0 Å². The van der Waals surface area contributed by atoms with Crippen LogP contribution in [0.1, 0.15) is 18.4 Å². The van der Waals surface area contributed by atoms with Crippen LogP contribution in [0.15, 0.2) is 54.6 Å². The van der Waals surface area contributed by atoms with Gasteiger partial charge in [-0.05, 0) is 49.1 Å². The number of hydrogen-bond donors (Lipinski definition) is 0. The normalized spacial score (nSPS) is 10.3. The molecule has 0 amide bonds. The molecule has 0 aromatic heterocycles. The molecule has 18 heavy (non-hydrogen) atoms. The zero-order chi connectivity index (χ0) is 12.6. The fourth-order valence-corrected chi connectivity index (χ4v) is 2.17. The molecule has 0 radical (unpaired) electrons. The van der Waals surface area contributed by atoms with Crippen LogP contribution in [-0.4, -0.2) is 5.33 Å². The Balaban J connectivity index is 1.91. The van der Waals surface area contributed by atoms with Crippen LogP contribution in [0.3, 0.4) is 0 Å². The summed E-state index contributed by atoms with van der Waals surface area (Å²) in [6.07, 6.45) is 3.59. The van der Waals surface area contributed by atoms with Crippen LogP contribution in [0.5, 0.6) is 11.5 Å². The van der Waals surface area contributed by atoms with E-state index in [2.05, 4.69) is 28.1 Å². The Labute approximate surface area is 117 Å². The first-order chi connectivity index (χ1) is 8.88. The smallest absolute Gasteiger partial charge is 0.127 e. The lowest BCUT2D eigenvalue weighted by atomic mass is 10.1. The van der Waals surface area contributed by atoms with Gasteiger partial charge in [-0.1, -0.05) is 46.3 Å². The molecule has 0 saturated heterocycles. The molecular weight excluding hydrogens is 288 g/mol. The van der Waals surface area contributed by atoms with Crippen LogP contribution < -0.4 is 4.74 Å². The number of unbranched alkanes of at least 4 members (excludes halogenated alkanes) is 1. The average Bonchev–Trinajstić information content (AvgIpc) is 2.42. The summed E-state index contributed by atoms with van der Waals surface area (Å²) in [4.78, 5) is 0. The molecule has 0 atom stereocenters. The second-order valence-corrected chi connectivity index (χ2v) is 5.00. The molecule has 1 nitrogen and oxygen atoms in total. The van der Waals surface area contributed by atoms with E-state index in [0.717, 1.165) is 23.2 Å². The molecule has 2 aromatic rings. The number of alkyl halides is 1. The molecule has 0 saturated carbocycles. The minimum atomic E-state index is 0.879. The molecule has 2 rings (SSSR count). The topological polar surface area (TPSA) is 9.23 Å². The van der Waals surface area contributed by atoms with Crippen LogP contribution in [-0.2, 0) is 6.42 Å². The van der Waals surface area contributed by atoms with E-state index >= 15 is 0 Å². The standard InChI is InChI=1S/C16H17BrO/c17-13-5-4-6-14-9-11-16(12-10-14)18-15-7-2-1-3-8-15/h1-3,7-12H,4-6,13H2. The van der Waals surface area contributed by atoms with Gasteiger partial charge in [0.1, 0.15) is 11.5 Å². The quantitative estimate of drug-likeness (QED) is 0.527. The largest absolute Gasteiger partial charge is 0.457 e. The summed E-state index contributed by atoms with van der Waals surface area (Å²) < 4.78 is 5.75. The van der Waals surface area contributed by atoms with Gasteiger partial charge in [0.25, 0.3) is 0 Å². The highest BCUT2D eigenvalue weighted by Crippen LogP contribution is 2.21. The molecule has 0 N–H and O–H groups in total. The Morgan fingerprint density at radius 1 is 0.778 bits per heavy atom. The monoisotopic (exact) mass is 304 g/mol. The second-order valence-electron chi connectivity index (χ2n) is 4.21. The molecule has 2 heteroatoms. The van der Waals surface area contributed by atoms with Crippen molar-refractivity contribution in [2.45, 2.75) is 19.3 Å². The highest BCUT2D eigenvalue weighted by molar-refractivity contribution is 9.09. The summed E-state index contributed by atoms with van der Waals surface area (Å²) >= 11 is 3.45. The molecule has 0 aliphatic rings. The predicted molar refractivity (Wildman–Crippen MR) is 79.7 cm³/mol. The highest BCUT2D eigenvalue weighted by atomic mass is 79.9. The molecule has 2 aromatic carbocycles. The molecule has 0 spiro atoms. The maximum atomic E-state index is 5.75. The summed E-state index contributed by atoms with van der Waals surface area (Å²) in [6.45, 7) is 0. The number of ether oxygens (including phenoxy) is 1. The number of halogens is 1. The van der Waals surface area contributed by atoms with E-state index in [1.165, 1.54) is 18.4 Å². The molecule has 0 bridgehead atoms. The van der Waals surface area contributed by atoms with Crippen molar-refractivity contribution in [3.63, 3.8) is 0 Å². The Hall–Kier alpha value is -1.28. The van der Waals surface area contributed by atoms with Gasteiger partial charge in [-0.15, -0.1) is 0 Å². The van der Waals surface area contributed by atoms with Crippen molar-refractivity contribution in [3.05, 3.63) is 60.2 Å². The first-order valence-electron chi connectivity index (χ1n) is 6.26. The fourth-order valence-electron chi connectivity index (χ4n) is 1.77. The van der Waals surface area contributed by atoms with E-state index in [-0.39, 0.29) is 0 Å². The number of rotatable bonds is 6. The lowest BCUT2D eigenvalue weighted by Gasteiger charge is -2.06. The lowest BCUT2D eigenvalue weighted by Crippen LogP contribution is -1.88. The molecule has 0 aliphatic heterocycles. The van der Waals surface area contributed by atoms with Crippen LogP contribution in [0.4, 0.5) is 0 Å². The third kappa shape index (κ3) is 4.19. The van der Waals surface area contributed by atoms with Crippen LogP contribution in [0.2, 0.25) is 0 Å². The summed E-state index contributed by atoms with van der Waals surface area (Å²) in [5.41, 5.74) is 1.37. The van der Waals surface area contributed by atoms with Gasteiger partial charge >= 0.3 is 0 Å². The summed E-state index contributed by atoms with van der Waals surface area (Å²) in [7, 11) is 0. The first-order valence-corrected chi connectivity index (χ1v) is 7.38. The summed E-state index contributed by atoms with van der Waals surface area (Å²) in [5.74, 6) is 1.77. The van der Waals surface area contributed by atoms with Crippen LogP contribution >= 0.6 is 15.9 Å². The van der Waals surface area contributed by atoms with E-state index in [1.807, 2.05) is 42.5 Å². The number of benzene rings is 2. The van der Waals surface area contributed by atoms with Gasteiger partial charge in [-0.3, -0.25) is 0 Å². The molecule has 0 unspecified atom stereocenters. The zero-order valence-electron chi connectivity index (χ0n) is 10.3. The van der Waals surface area contributed by atoms with Gasteiger partial charge in [0, 0.05) is 5.33 Å². The number of para-hydroxylation sites is 1. The zero-order valence-corrected chi connectivity index (χ0v) is 11.9. The molecule has 0 fully saturated rings. The Kier molecular flexibility index (Phi) is 5.28. The van der Waals surface area contributed by atoms with E-state index in [4.69, 9.17) is 4.74 Å². The van der Waals surface area contributed by atoms with Crippen LogP contribution in [0, 0.1) is 0 Å². The minimum Gasteiger partial charge on any atom is -0.457 e. The third-order valence-electron chi connectivity index (χ3n) is 2.75. The highest BCUT2D eigenvalue weighted by Gasteiger charge is 1.97. The van der Waals surface area contributed by atoms with Crippen molar-refractivity contribution in [2.24, 2.45) is 0 Å². The van der Waals surface area contributed by atoms with Crippen molar-refractivity contribution in [1.82, 2.24) is 0 Å². The first kappa shape index (κ1) is 13.2. The average molecular weight is 305 g/mol. The second kappa shape index (κ2) is 7.22. The molecule has 0 heterocycles. The van der Waals surface area contributed by atoms with Crippen molar-refractivity contribution >= 4 is 15.9 Å². The minimum absolute atomic E-state index is 0.879. The Morgan fingerprint density at radius 2 is 1.44 bits per heavy atom. The maximum Gasteiger partial charge on any atom is 0.127 e. The Morgan fingerprint density at radius 3 is 2.11 bits per heavy atom. The van der Waals surface area contributed by atoms with Crippen molar-refractivity contribution < 1.29 is 4.74 Å². The maximum absolute atomic E-state index is 5.75. The summed E-state index contributed by atoms with van der Waals surface area (Å²) in [6, 6.07) is 18.2. The van der Waals surface area contributed by atoms with E-state index in [9.17, 15) is 0 Å². The van der Waals surface area contributed by atoms with Gasteiger partial charge in [0.15, 0.2) is 0 Å². The third-order valence-corrected chi connectivity index (χ3v) is 3.31. The van der Waals surface area contributed by atoms with Crippen molar-refractivity contribution in [1.29, 1.82) is 0 Å². The van der Waals surface area contributed by atoms with Crippen molar-refractivity contribution in [2.75, 3.05) is 5.33 Å². The molecule has 94 valence electrons. The SMILES string of the molecule is BrCCCCc1ccc(Oc2ccccc2)cc1. The lowest BCUT2D eigenvalue weighted by molar-refractivity contribution is 0.482. The number of hydrogen-bond acceptors (Lipinski definition) is 1. The van der Waals surface area contributed by atoms with E-state index < -0.39 is 0 Å². The summed E-state index contributed by atoms with van der Waals surface area (Å²) in [5, 5.41) is 1.09. The molecular formula is C16H17BrO. The number of aryl methyl sites for hydroxylation is 1.